The summed E-state index contributed by atoms with van der Waals surface area (Å²) < 4.78 is 85.5. The van der Waals surface area contributed by atoms with Crippen LogP contribution >= 0.6 is 0 Å². The molecule has 0 aliphatic heterocycles. The molecule has 2 nitrogen and oxygen atoms in total. The Bertz CT molecular complexity index is 2660. The van der Waals surface area contributed by atoms with Crippen molar-refractivity contribution in [3.8, 4) is 39.1 Å². The fourth-order valence-corrected chi connectivity index (χ4v) is 6.17. The molecule has 8 rings (SSSR count). The highest BCUT2D eigenvalue weighted by Gasteiger charge is 2.18. The van der Waals surface area contributed by atoms with Crippen molar-refractivity contribution in [1.29, 1.82) is 0 Å². The number of fused-ring (bicyclic) bond motifs is 3. The largest absolute Gasteiger partial charge is 0.296 e. The van der Waals surface area contributed by atoms with Gasteiger partial charge in [-0.15, -0.1) is 0 Å². The number of hydrogen-bond acceptors (Lipinski definition) is 1. The maximum absolute atomic E-state index is 8.81. The first kappa shape index (κ1) is 16.8. The van der Waals surface area contributed by atoms with E-state index < -0.39 is 19.3 Å². The first-order valence-corrected chi connectivity index (χ1v) is 14.0. The molecule has 0 fully saturated rings. The first-order valence-electron chi connectivity index (χ1n) is 19.0. The van der Waals surface area contributed by atoms with E-state index in [0.717, 1.165) is 43.8 Å². The lowest BCUT2D eigenvalue weighted by Gasteiger charge is -2.18. The van der Waals surface area contributed by atoms with Crippen LogP contribution in [0.4, 0.5) is 0 Å². The summed E-state index contributed by atoms with van der Waals surface area (Å²) in [7, 11) is 0. The highest BCUT2D eigenvalue weighted by Crippen LogP contribution is 2.44. The summed E-state index contributed by atoms with van der Waals surface area (Å²) in [6.45, 7) is -2.97. The summed E-state index contributed by atoms with van der Waals surface area (Å²) in [5.74, 6) is -0.208. The first-order chi connectivity index (χ1) is 25.3. The standard InChI is InChI=1S/C41H30N2/c1-2-39-42-36-21-11-13-23-38(36)43(39)37-22-12-10-16-31(37)28-24-26-30(27-25-28)41-34-19-8-6-17-32(34)40(29-14-4-3-5-15-29)33-18-7-9-20-35(33)41/h3-27H,2H2,1H3/i1D3,2D2,3D,4D,5D,14D,15D. The average Bonchev–Trinajstić information content (AvgIpc) is 3.56. The quantitative estimate of drug-likeness (QED) is 0.191. The molecule has 0 spiro atoms. The fourth-order valence-electron chi connectivity index (χ4n) is 6.17. The summed E-state index contributed by atoms with van der Waals surface area (Å²) in [6, 6.07) is 36.1. The topological polar surface area (TPSA) is 17.8 Å². The normalized spacial score (nSPS) is 15.4. The van der Waals surface area contributed by atoms with Crippen molar-refractivity contribution >= 4 is 32.6 Å². The molecule has 0 saturated heterocycles. The van der Waals surface area contributed by atoms with Crippen LogP contribution in [0.15, 0.2) is 152 Å². The number of para-hydroxylation sites is 3. The number of aromatic nitrogens is 2. The van der Waals surface area contributed by atoms with Crippen LogP contribution < -0.4 is 0 Å². The fraction of sp³-hybridized carbons (Fsp3) is 0.0488. The Kier molecular flexibility index (Phi) is 4.08. The molecule has 204 valence electrons. The van der Waals surface area contributed by atoms with Crippen LogP contribution in [-0.2, 0) is 6.37 Å². The summed E-state index contributed by atoms with van der Waals surface area (Å²) in [5, 5.41) is 3.19. The summed E-state index contributed by atoms with van der Waals surface area (Å²) in [4.78, 5) is 4.50. The van der Waals surface area contributed by atoms with Crippen LogP contribution in [0, 0.1) is 0 Å². The minimum absolute atomic E-state index is 0.149. The van der Waals surface area contributed by atoms with Gasteiger partial charge in [0, 0.05) is 18.8 Å². The van der Waals surface area contributed by atoms with E-state index in [0.29, 0.717) is 22.3 Å². The van der Waals surface area contributed by atoms with Gasteiger partial charge in [-0.05, 0) is 67.6 Å². The number of imidazole rings is 1. The van der Waals surface area contributed by atoms with Gasteiger partial charge < -0.3 is 0 Å². The van der Waals surface area contributed by atoms with E-state index in [2.05, 4.69) is 4.98 Å². The second-order valence-electron chi connectivity index (χ2n) is 10.3. The molecule has 0 N–H and O–H groups in total. The SMILES string of the molecule is [2H]c1c([2H])c([2H])c(-c2c3ccccc3c(-c3ccc(-c4ccccc4-n4c(C([2H])([2H])C([2H])([2H])[2H])nc5ccccc54)cc3)c3ccccc23)c([2H])c1[2H]. The maximum Gasteiger partial charge on any atom is 0.114 e. The third kappa shape index (κ3) is 4.14. The van der Waals surface area contributed by atoms with Crippen molar-refractivity contribution in [2.45, 2.75) is 13.2 Å². The van der Waals surface area contributed by atoms with Crippen molar-refractivity contribution in [1.82, 2.24) is 9.55 Å². The van der Waals surface area contributed by atoms with Crippen molar-refractivity contribution < 1.29 is 13.7 Å². The lowest BCUT2D eigenvalue weighted by Crippen LogP contribution is -2.02. The number of aryl methyl sites for hydroxylation is 1. The van der Waals surface area contributed by atoms with Crippen LogP contribution in [0.3, 0.4) is 0 Å². The van der Waals surface area contributed by atoms with Crippen LogP contribution in [-0.4, -0.2) is 9.55 Å². The van der Waals surface area contributed by atoms with Crippen LogP contribution in [0.25, 0.3) is 71.6 Å². The molecule has 43 heavy (non-hydrogen) atoms. The van der Waals surface area contributed by atoms with Crippen molar-refractivity contribution in [2.75, 3.05) is 0 Å². The Morgan fingerprint density at radius 3 is 1.84 bits per heavy atom. The Labute approximate surface area is 265 Å². The molecular formula is C41H30N2. The zero-order valence-electron chi connectivity index (χ0n) is 32.9. The summed E-state index contributed by atoms with van der Waals surface area (Å²) >= 11 is 0. The number of nitrogens with zero attached hydrogens (tertiary/aromatic N) is 2. The van der Waals surface area contributed by atoms with Crippen molar-refractivity contribution in [3.05, 3.63) is 157 Å². The molecule has 0 amide bonds. The van der Waals surface area contributed by atoms with Crippen molar-refractivity contribution in [2.24, 2.45) is 0 Å². The average molecular weight is 561 g/mol. The monoisotopic (exact) mass is 560 g/mol. The molecule has 0 aliphatic carbocycles. The smallest absolute Gasteiger partial charge is 0.114 e. The number of rotatable bonds is 5. The molecule has 0 unspecified atom stereocenters. The molecule has 1 heterocycles. The van der Waals surface area contributed by atoms with E-state index in [-0.39, 0.29) is 35.6 Å². The molecule has 1 aromatic heterocycles. The minimum atomic E-state index is -2.97. The van der Waals surface area contributed by atoms with Gasteiger partial charge in [0.2, 0.25) is 0 Å². The lowest BCUT2D eigenvalue weighted by atomic mass is 9.85. The van der Waals surface area contributed by atoms with Gasteiger partial charge in [0.05, 0.1) is 23.6 Å². The Morgan fingerprint density at radius 1 is 0.605 bits per heavy atom. The van der Waals surface area contributed by atoms with E-state index >= 15 is 0 Å². The molecule has 2 heteroatoms. The lowest BCUT2D eigenvalue weighted by molar-refractivity contribution is 0.909. The van der Waals surface area contributed by atoms with Gasteiger partial charge in [0.1, 0.15) is 5.82 Å². The van der Waals surface area contributed by atoms with E-state index in [1.807, 2.05) is 103 Å². The Hall–Kier alpha value is -5.47. The van der Waals surface area contributed by atoms with Gasteiger partial charge in [0.25, 0.3) is 0 Å². The van der Waals surface area contributed by atoms with E-state index in [4.69, 9.17) is 13.7 Å². The van der Waals surface area contributed by atoms with Crippen LogP contribution in [0.1, 0.15) is 26.4 Å². The highest BCUT2D eigenvalue weighted by molar-refractivity contribution is 6.21. The van der Waals surface area contributed by atoms with Gasteiger partial charge in [-0.2, -0.15) is 0 Å². The van der Waals surface area contributed by atoms with Gasteiger partial charge in [-0.1, -0.05) is 140 Å². The van der Waals surface area contributed by atoms with Gasteiger partial charge >= 0.3 is 0 Å². The molecule has 0 atom stereocenters. The number of hydrogen-bond donors (Lipinski definition) is 0. The van der Waals surface area contributed by atoms with E-state index in [1.54, 1.807) is 22.8 Å². The predicted octanol–water partition coefficient (Wildman–Crippen LogP) is 10.9. The third-order valence-electron chi connectivity index (χ3n) is 7.98. The van der Waals surface area contributed by atoms with Crippen LogP contribution in [0.5, 0.6) is 0 Å². The van der Waals surface area contributed by atoms with Crippen molar-refractivity contribution in [3.63, 3.8) is 0 Å². The molecule has 0 saturated carbocycles. The summed E-state index contributed by atoms with van der Waals surface area (Å²) in [5.41, 5.74) is 5.72. The molecular weight excluding hydrogens is 520 g/mol. The molecule has 8 aromatic rings. The molecule has 0 bridgehead atoms. The predicted molar refractivity (Wildman–Crippen MR) is 182 cm³/mol. The molecule has 0 aliphatic rings. The Morgan fingerprint density at radius 2 is 1.16 bits per heavy atom. The second kappa shape index (κ2) is 10.4. The third-order valence-corrected chi connectivity index (χ3v) is 7.98. The Balaban J connectivity index is 1.33. The molecule has 0 radical (unpaired) electrons. The summed E-state index contributed by atoms with van der Waals surface area (Å²) in [6.07, 6.45) is -2.74. The zero-order chi connectivity index (χ0) is 37.4. The zero-order valence-corrected chi connectivity index (χ0v) is 22.9. The van der Waals surface area contributed by atoms with Gasteiger partial charge in [-0.25, -0.2) is 4.98 Å². The number of benzene rings is 7. The highest BCUT2D eigenvalue weighted by atomic mass is 15.1. The van der Waals surface area contributed by atoms with E-state index in [9.17, 15) is 0 Å². The second-order valence-corrected chi connectivity index (χ2v) is 10.3. The van der Waals surface area contributed by atoms with Gasteiger partial charge in [0.15, 0.2) is 0 Å². The van der Waals surface area contributed by atoms with E-state index in [1.165, 1.54) is 0 Å². The van der Waals surface area contributed by atoms with Gasteiger partial charge in [-0.3, -0.25) is 4.57 Å². The molecule has 7 aromatic carbocycles. The maximum atomic E-state index is 8.81. The van der Waals surface area contributed by atoms with Crippen LogP contribution in [0.2, 0.25) is 0 Å². The minimum Gasteiger partial charge on any atom is -0.296 e.